The van der Waals surface area contributed by atoms with Crippen molar-refractivity contribution >= 4 is 17.5 Å². The highest BCUT2D eigenvalue weighted by Crippen LogP contribution is 2.27. The van der Waals surface area contributed by atoms with E-state index < -0.39 is 90.9 Å². The van der Waals surface area contributed by atoms with Gasteiger partial charge in [0, 0.05) is 32.5 Å². The lowest BCUT2D eigenvalue weighted by molar-refractivity contribution is -0.314. The Morgan fingerprint density at radius 2 is 1.53 bits per heavy atom. The van der Waals surface area contributed by atoms with E-state index in [4.69, 9.17) is 23.7 Å². The largest absolute Gasteiger partial charge is 0.462 e. The average Bonchev–Trinajstić information content (AvgIpc) is 3.21. The molecule has 0 radical (unpaired) electrons. The fourth-order valence-electron chi connectivity index (χ4n) is 6.26. The van der Waals surface area contributed by atoms with Crippen molar-refractivity contribution < 1.29 is 63.6 Å². The zero-order chi connectivity index (χ0) is 44.9. The maximum atomic E-state index is 13.1. The predicted octanol–water partition coefficient (Wildman–Crippen LogP) is 4.82. The minimum Gasteiger partial charge on any atom is -0.462 e. The van der Waals surface area contributed by atoms with Gasteiger partial charge in [0.15, 0.2) is 17.9 Å². The number of aliphatic hydroxyl groups excluding tert-OH is 5. The molecule has 1 fully saturated rings. The van der Waals surface area contributed by atoms with Crippen LogP contribution in [0.15, 0.2) is 120 Å². The summed E-state index contributed by atoms with van der Waals surface area (Å²) in [5.74, 6) is -3.04. The Labute approximate surface area is 355 Å². The lowest BCUT2D eigenvalue weighted by atomic mass is 9.85. The molecule has 2 rings (SSSR count). The number of esters is 1. The summed E-state index contributed by atoms with van der Waals surface area (Å²) in [4.78, 5) is 38.7. The molecular formula is C47H66O13. The first-order valence-electron chi connectivity index (χ1n) is 20.2. The van der Waals surface area contributed by atoms with Crippen molar-refractivity contribution in [3.63, 3.8) is 0 Å². The normalized spacial score (nSPS) is 34.3. The van der Waals surface area contributed by atoms with Crippen LogP contribution in [-0.2, 0) is 38.1 Å². The molecule has 13 nitrogen and oxygen atoms in total. The maximum absolute atomic E-state index is 13.1. The lowest BCUT2D eigenvalue weighted by Gasteiger charge is -2.43. The Kier molecular flexibility index (Phi) is 23.3. The molecule has 0 aromatic heterocycles. The molecule has 0 aromatic rings. The molecule has 0 spiro atoms. The van der Waals surface area contributed by atoms with Gasteiger partial charge in [-0.25, -0.2) is 0 Å². The average molecular weight is 839 g/mol. The molecule has 0 amide bonds. The van der Waals surface area contributed by atoms with E-state index in [0.29, 0.717) is 11.1 Å². The second kappa shape index (κ2) is 26.9. The first-order chi connectivity index (χ1) is 28.4. The van der Waals surface area contributed by atoms with Crippen LogP contribution in [0.5, 0.6) is 0 Å². The van der Waals surface area contributed by atoms with E-state index in [2.05, 4.69) is 0 Å². The molecule has 0 aliphatic carbocycles. The van der Waals surface area contributed by atoms with Gasteiger partial charge in [-0.05, 0) is 57.9 Å². The topological polar surface area (TPSA) is 199 Å². The summed E-state index contributed by atoms with van der Waals surface area (Å²) in [6, 6.07) is 0. The van der Waals surface area contributed by atoms with Crippen molar-refractivity contribution in [1.82, 2.24) is 0 Å². The number of cyclic esters (lactones) is 1. The molecule has 2 aliphatic rings. The third kappa shape index (κ3) is 17.1. The van der Waals surface area contributed by atoms with Crippen molar-refractivity contribution in [3.05, 3.63) is 120 Å². The molecule has 332 valence electrons. The Morgan fingerprint density at radius 3 is 2.22 bits per heavy atom. The number of hydrogen-bond acceptors (Lipinski definition) is 13. The van der Waals surface area contributed by atoms with Gasteiger partial charge in [-0.15, -0.1) is 0 Å². The van der Waals surface area contributed by atoms with Crippen LogP contribution < -0.4 is 0 Å². The first kappa shape index (κ1) is 52.0. The number of hydrogen-bond donors (Lipinski definition) is 5. The molecule has 2 heterocycles. The lowest BCUT2D eigenvalue weighted by Crippen LogP contribution is -2.59. The highest BCUT2D eigenvalue weighted by Gasteiger charge is 2.45. The summed E-state index contributed by atoms with van der Waals surface area (Å²) in [6.07, 6.45) is 17.0. The summed E-state index contributed by atoms with van der Waals surface area (Å²) >= 11 is 0. The van der Waals surface area contributed by atoms with Gasteiger partial charge in [0.1, 0.15) is 30.5 Å². The van der Waals surface area contributed by atoms with Crippen LogP contribution >= 0.6 is 0 Å². The fourth-order valence-corrected chi connectivity index (χ4v) is 6.26. The highest BCUT2D eigenvalue weighted by molar-refractivity contribution is 5.99. The van der Waals surface area contributed by atoms with Crippen molar-refractivity contribution in [2.75, 3.05) is 14.2 Å². The second-order valence-corrected chi connectivity index (χ2v) is 15.1. The van der Waals surface area contributed by atoms with E-state index in [9.17, 15) is 39.9 Å². The van der Waals surface area contributed by atoms with E-state index in [1.165, 1.54) is 44.6 Å². The third-order valence-corrected chi connectivity index (χ3v) is 10.4. The van der Waals surface area contributed by atoms with E-state index >= 15 is 0 Å². The molecular weight excluding hydrogens is 773 g/mol. The molecule has 0 unspecified atom stereocenters. The van der Waals surface area contributed by atoms with Crippen molar-refractivity contribution in [1.29, 1.82) is 0 Å². The standard InChI is InChI=1S/C47H66O13/c1-29-20-19-21-31(3)42(53)38(50)24-17-11-10-12-18-25-40(60-41(52)28-39(51)30(2)27-26-29)33(5)43(54)32(4)36(48)22-15-13-14-16-23-37(49)34(6)58-47-46(57-9)44(55)45(56-8)35(7)59-47/h10-24,26-27,32-35,37-40,43-47,49-51,54-55H,25,28H2,1-9H3/b11-10+,14-13+,18-12+,20-19+,22-15+,23-16+,24-17+,29-26-,30-27+,31-21+/t32-,33-,34+,35-,37+,38+,39+,40+,43-,44+,45+,46-,47-/m1/s1. The SMILES string of the molecule is CO[C@@H]1[C@H](O)[C@@H](OC)[C@H](O[C@@H](C)[C@@H](O)/C=C/C=C/C=C/C(=O)[C@@H](C)[C@@H](O)[C@H](C)[C@@H]2C/C=C/C=C/C=C/[C@H](O)C(=O)/C(C)=C/C=C/C(C)=C\C=C(/C)[C@@H](O)CC(=O)O2)O[C@@H]1C. The Bertz CT molecular complexity index is 1700. The smallest absolute Gasteiger partial charge is 0.309 e. The molecule has 0 aromatic carbocycles. The van der Waals surface area contributed by atoms with Crippen LogP contribution in [0.25, 0.3) is 0 Å². The number of aliphatic hydroxyl groups is 5. The monoisotopic (exact) mass is 838 g/mol. The van der Waals surface area contributed by atoms with Gasteiger partial charge in [-0.1, -0.05) is 111 Å². The number of rotatable bonds is 13. The third-order valence-electron chi connectivity index (χ3n) is 10.4. The van der Waals surface area contributed by atoms with Crippen LogP contribution in [0, 0.1) is 11.8 Å². The van der Waals surface area contributed by atoms with Gasteiger partial charge in [-0.2, -0.15) is 0 Å². The number of carbonyl (C=O) groups excluding carboxylic acids is 3. The minimum atomic E-state index is -1.32. The summed E-state index contributed by atoms with van der Waals surface area (Å²) in [6.45, 7) is 11.8. The van der Waals surface area contributed by atoms with Crippen LogP contribution in [-0.4, -0.2) is 125 Å². The zero-order valence-electron chi connectivity index (χ0n) is 36.2. The van der Waals surface area contributed by atoms with Crippen LogP contribution in [0.3, 0.4) is 0 Å². The summed E-state index contributed by atoms with van der Waals surface area (Å²) in [5.41, 5.74) is 1.71. The van der Waals surface area contributed by atoms with E-state index in [-0.39, 0.29) is 18.6 Å². The number of ketones is 2. The maximum Gasteiger partial charge on any atom is 0.309 e. The fraction of sp³-hybridized carbons (Fsp3) is 0.511. The first-order valence-corrected chi connectivity index (χ1v) is 20.2. The minimum absolute atomic E-state index is 0.180. The molecule has 13 heteroatoms. The number of carbonyl (C=O) groups is 3. The van der Waals surface area contributed by atoms with E-state index in [1.54, 1.807) is 114 Å². The van der Waals surface area contributed by atoms with Gasteiger partial charge < -0.3 is 49.2 Å². The van der Waals surface area contributed by atoms with E-state index in [0.717, 1.165) is 5.57 Å². The number of methoxy groups -OCH3 is 2. The molecule has 5 N–H and O–H groups in total. The van der Waals surface area contributed by atoms with Gasteiger partial charge in [0.2, 0.25) is 0 Å². The van der Waals surface area contributed by atoms with Crippen molar-refractivity contribution in [3.8, 4) is 0 Å². The summed E-state index contributed by atoms with van der Waals surface area (Å²) < 4.78 is 28.2. The molecule has 60 heavy (non-hydrogen) atoms. The van der Waals surface area contributed by atoms with Crippen LogP contribution in [0.4, 0.5) is 0 Å². The Morgan fingerprint density at radius 1 is 0.867 bits per heavy atom. The van der Waals surface area contributed by atoms with Crippen molar-refractivity contribution in [2.24, 2.45) is 11.8 Å². The molecule has 0 saturated carbocycles. The van der Waals surface area contributed by atoms with Gasteiger partial charge >= 0.3 is 5.97 Å². The molecule has 13 atom stereocenters. The summed E-state index contributed by atoms with van der Waals surface area (Å²) in [7, 11) is 2.90. The van der Waals surface area contributed by atoms with Crippen LogP contribution in [0.2, 0.25) is 0 Å². The van der Waals surface area contributed by atoms with E-state index in [1.807, 2.05) is 6.92 Å². The number of allylic oxidation sites excluding steroid dienone is 15. The number of ether oxygens (including phenoxy) is 5. The number of Topliss-reactive ketones (excluding diaryl/α,β-unsaturated/α-hetero) is 1. The molecule has 0 bridgehead atoms. The van der Waals surface area contributed by atoms with Crippen molar-refractivity contribution in [2.45, 2.75) is 129 Å². The predicted molar refractivity (Wildman–Crippen MR) is 229 cm³/mol. The van der Waals surface area contributed by atoms with Gasteiger partial charge in [0.25, 0.3) is 0 Å². The second-order valence-electron chi connectivity index (χ2n) is 15.1. The van der Waals surface area contributed by atoms with Gasteiger partial charge in [-0.3, -0.25) is 14.4 Å². The van der Waals surface area contributed by atoms with Crippen LogP contribution in [0.1, 0.15) is 61.3 Å². The Hall–Kier alpha value is -4.15. The zero-order valence-corrected chi connectivity index (χ0v) is 36.2. The molecule has 1 saturated heterocycles. The summed E-state index contributed by atoms with van der Waals surface area (Å²) in [5, 5.41) is 53.6. The molecule has 2 aliphatic heterocycles. The Balaban J connectivity index is 2.11. The highest BCUT2D eigenvalue weighted by atomic mass is 16.7. The quantitative estimate of drug-likeness (QED) is 0.0963. The van der Waals surface area contributed by atoms with Gasteiger partial charge in [0.05, 0.1) is 36.9 Å².